The van der Waals surface area contributed by atoms with Crippen LogP contribution >= 0.6 is 0 Å². The fraction of sp³-hybridized carbons (Fsp3) is 0.300. The number of rotatable bonds is 8. The molecule has 0 radical (unpaired) electrons. The van der Waals surface area contributed by atoms with E-state index < -0.39 is 5.82 Å². The lowest BCUT2D eigenvalue weighted by Gasteiger charge is -2.22. The van der Waals surface area contributed by atoms with Crippen molar-refractivity contribution in [2.45, 2.75) is 26.3 Å². The molecule has 0 N–H and O–H groups in total. The van der Waals surface area contributed by atoms with Crippen molar-refractivity contribution in [3.8, 4) is 11.8 Å². The van der Waals surface area contributed by atoms with Gasteiger partial charge in [0.1, 0.15) is 0 Å². The van der Waals surface area contributed by atoms with E-state index in [1.807, 2.05) is 19.1 Å². The van der Waals surface area contributed by atoms with Gasteiger partial charge < -0.3 is 9.64 Å². The number of halogens is 1. The molecule has 0 aliphatic carbocycles. The third-order valence-electron chi connectivity index (χ3n) is 3.71. The van der Waals surface area contributed by atoms with E-state index in [0.29, 0.717) is 18.7 Å². The lowest BCUT2D eigenvalue weighted by Crippen LogP contribution is -2.32. The highest BCUT2D eigenvalue weighted by atomic mass is 19.1. The number of carbonyl (C=O) groups is 1. The Morgan fingerprint density at radius 1 is 1.20 bits per heavy atom. The number of para-hydroxylation sites is 1. The first-order valence-electron chi connectivity index (χ1n) is 8.28. The monoisotopic (exact) mass is 340 g/mol. The topological polar surface area (TPSA) is 53.3 Å². The Kier molecular flexibility index (Phi) is 6.97. The second kappa shape index (κ2) is 9.43. The molecule has 0 aliphatic heterocycles. The molecule has 2 aromatic rings. The summed E-state index contributed by atoms with van der Waals surface area (Å²) in [5.41, 5.74) is 1.56. The van der Waals surface area contributed by atoms with Gasteiger partial charge in [-0.05, 0) is 36.2 Å². The highest BCUT2D eigenvalue weighted by Gasteiger charge is 2.14. The number of hydrogen-bond donors (Lipinski definition) is 0. The summed E-state index contributed by atoms with van der Waals surface area (Å²) in [7, 11) is 0. The Morgan fingerprint density at radius 3 is 2.56 bits per heavy atom. The number of carbonyl (C=O) groups excluding carboxylic acids is 1. The molecule has 130 valence electrons. The number of ether oxygens (including phenoxy) is 1. The first kappa shape index (κ1) is 18.5. The summed E-state index contributed by atoms with van der Waals surface area (Å²) in [6.45, 7) is 3.26. The molecule has 0 aliphatic rings. The summed E-state index contributed by atoms with van der Waals surface area (Å²) in [5, 5.41) is 8.84. The Morgan fingerprint density at radius 2 is 1.92 bits per heavy atom. The molecule has 0 heterocycles. The van der Waals surface area contributed by atoms with E-state index in [4.69, 9.17) is 10.00 Å². The van der Waals surface area contributed by atoms with Gasteiger partial charge in [0, 0.05) is 13.1 Å². The average Bonchev–Trinajstić information content (AvgIpc) is 2.63. The molecule has 5 heteroatoms. The van der Waals surface area contributed by atoms with Gasteiger partial charge in [-0.1, -0.05) is 31.2 Å². The van der Waals surface area contributed by atoms with Crippen LogP contribution in [0.3, 0.4) is 0 Å². The van der Waals surface area contributed by atoms with E-state index >= 15 is 0 Å². The molecule has 4 nitrogen and oxygen atoms in total. The van der Waals surface area contributed by atoms with Gasteiger partial charge in [-0.3, -0.25) is 4.79 Å². The zero-order valence-corrected chi connectivity index (χ0v) is 14.2. The summed E-state index contributed by atoms with van der Waals surface area (Å²) in [6.07, 6.45) is 1.03. The average molecular weight is 340 g/mol. The molecule has 0 saturated heterocycles. The molecule has 0 atom stereocenters. The van der Waals surface area contributed by atoms with Gasteiger partial charge >= 0.3 is 0 Å². The maximum Gasteiger partial charge on any atom is 0.226 e. The lowest BCUT2D eigenvalue weighted by molar-refractivity contribution is -0.132. The van der Waals surface area contributed by atoms with Crippen molar-refractivity contribution in [2.24, 2.45) is 0 Å². The van der Waals surface area contributed by atoms with Crippen LogP contribution in [-0.4, -0.2) is 24.0 Å². The number of nitrogens with zero attached hydrogens (tertiary/aromatic N) is 2. The van der Waals surface area contributed by atoms with Crippen molar-refractivity contribution in [3.05, 3.63) is 65.5 Å². The number of amides is 1. The van der Waals surface area contributed by atoms with Crippen LogP contribution in [0, 0.1) is 17.1 Å². The van der Waals surface area contributed by atoms with Crippen LogP contribution < -0.4 is 4.74 Å². The highest BCUT2D eigenvalue weighted by molar-refractivity contribution is 5.76. The molecule has 1 amide bonds. The fourth-order valence-corrected chi connectivity index (χ4v) is 2.44. The van der Waals surface area contributed by atoms with E-state index in [0.717, 1.165) is 12.0 Å². The van der Waals surface area contributed by atoms with Gasteiger partial charge in [0.05, 0.1) is 24.7 Å². The molecular weight excluding hydrogens is 319 g/mol. The summed E-state index contributed by atoms with van der Waals surface area (Å²) in [4.78, 5) is 14.2. The predicted octanol–water partition coefficient (Wildman–Crippen LogP) is 3.91. The van der Waals surface area contributed by atoms with Crippen molar-refractivity contribution in [3.63, 3.8) is 0 Å². The fourth-order valence-electron chi connectivity index (χ4n) is 2.44. The Bertz CT molecular complexity index is 738. The Labute approximate surface area is 147 Å². The largest absolute Gasteiger partial charge is 0.490 e. The van der Waals surface area contributed by atoms with Crippen molar-refractivity contribution in [2.75, 3.05) is 13.2 Å². The van der Waals surface area contributed by atoms with Gasteiger partial charge in [-0.15, -0.1) is 0 Å². The van der Waals surface area contributed by atoms with Crippen LogP contribution in [0.1, 0.15) is 30.9 Å². The first-order valence-corrected chi connectivity index (χ1v) is 8.28. The Balaban J connectivity index is 1.90. The second-order valence-electron chi connectivity index (χ2n) is 5.65. The molecule has 0 fully saturated rings. The number of benzene rings is 2. The van der Waals surface area contributed by atoms with E-state index in [1.165, 1.54) is 6.07 Å². The Hall–Kier alpha value is -2.87. The molecule has 25 heavy (non-hydrogen) atoms. The van der Waals surface area contributed by atoms with E-state index in [-0.39, 0.29) is 24.7 Å². The standard InChI is InChI=1S/C20H21FN2O2/c1-2-12-23(15-17-9-7-16(14-22)8-10-17)20(24)11-13-25-19-6-4-3-5-18(19)21/h3-10H,2,11-13,15H2,1H3. The van der Waals surface area contributed by atoms with Crippen LogP contribution in [0.5, 0.6) is 5.75 Å². The summed E-state index contributed by atoms with van der Waals surface area (Å²) < 4.78 is 18.9. The molecule has 2 aromatic carbocycles. The van der Waals surface area contributed by atoms with E-state index in [2.05, 4.69) is 6.07 Å². The summed E-state index contributed by atoms with van der Waals surface area (Å²) in [5.74, 6) is -0.315. The van der Waals surface area contributed by atoms with E-state index in [9.17, 15) is 9.18 Å². The molecule has 0 saturated carbocycles. The third-order valence-corrected chi connectivity index (χ3v) is 3.71. The molecular formula is C20H21FN2O2. The summed E-state index contributed by atoms with van der Waals surface area (Å²) in [6, 6.07) is 15.4. The lowest BCUT2D eigenvalue weighted by atomic mass is 10.1. The normalized spacial score (nSPS) is 10.1. The van der Waals surface area contributed by atoms with Gasteiger partial charge in [0.2, 0.25) is 5.91 Å². The minimum absolute atomic E-state index is 0.0393. The number of hydrogen-bond acceptors (Lipinski definition) is 3. The van der Waals surface area contributed by atoms with Gasteiger partial charge in [-0.2, -0.15) is 5.26 Å². The zero-order valence-electron chi connectivity index (χ0n) is 14.2. The SMILES string of the molecule is CCCN(Cc1ccc(C#N)cc1)C(=O)CCOc1ccccc1F. The van der Waals surface area contributed by atoms with Gasteiger partial charge in [0.25, 0.3) is 0 Å². The maximum atomic E-state index is 13.5. The smallest absolute Gasteiger partial charge is 0.226 e. The van der Waals surface area contributed by atoms with Gasteiger partial charge in [-0.25, -0.2) is 4.39 Å². The maximum absolute atomic E-state index is 13.5. The van der Waals surface area contributed by atoms with Gasteiger partial charge in [0.15, 0.2) is 11.6 Å². The highest BCUT2D eigenvalue weighted by Crippen LogP contribution is 2.16. The second-order valence-corrected chi connectivity index (χ2v) is 5.65. The van der Waals surface area contributed by atoms with Crippen LogP contribution in [0.4, 0.5) is 4.39 Å². The molecule has 0 spiro atoms. The van der Waals surface area contributed by atoms with Crippen LogP contribution in [0.15, 0.2) is 48.5 Å². The minimum Gasteiger partial charge on any atom is -0.490 e. The molecule has 2 rings (SSSR count). The third kappa shape index (κ3) is 5.61. The zero-order chi connectivity index (χ0) is 18.1. The van der Waals surface area contributed by atoms with Crippen molar-refractivity contribution < 1.29 is 13.9 Å². The van der Waals surface area contributed by atoms with E-state index in [1.54, 1.807) is 35.2 Å². The van der Waals surface area contributed by atoms with Crippen LogP contribution in [0.25, 0.3) is 0 Å². The first-order chi connectivity index (χ1) is 12.1. The van der Waals surface area contributed by atoms with Crippen molar-refractivity contribution >= 4 is 5.91 Å². The number of nitriles is 1. The minimum atomic E-state index is -0.432. The predicted molar refractivity (Wildman–Crippen MR) is 93.4 cm³/mol. The van der Waals surface area contributed by atoms with Crippen LogP contribution in [-0.2, 0) is 11.3 Å². The van der Waals surface area contributed by atoms with Crippen molar-refractivity contribution in [1.29, 1.82) is 5.26 Å². The summed E-state index contributed by atoms with van der Waals surface area (Å²) >= 11 is 0. The van der Waals surface area contributed by atoms with Crippen LogP contribution in [0.2, 0.25) is 0 Å². The molecule has 0 aromatic heterocycles. The van der Waals surface area contributed by atoms with Crippen molar-refractivity contribution in [1.82, 2.24) is 4.90 Å². The molecule has 0 unspecified atom stereocenters. The quantitative estimate of drug-likeness (QED) is 0.732. The molecule has 0 bridgehead atoms.